The summed E-state index contributed by atoms with van der Waals surface area (Å²) in [6.45, 7) is 1.97. The number of fused-ring (bicyclic) bond motifs is 1. The van der Waals surface area contributed by atoms with Crippen molar-refractivity contribution in [1.29, 1.82) is 0 Å². The average Bonchev–Trinajstić information content (AvgIpc) is 3.03. The molecular weight excluding hydrogens is 348 g/mol. The van der Waals surface area contributed by atoms with Crippen molar-refractivity contribution in [1.82, 2.24) is 14.8 Å². The monoisotopic (exact) mass is 364 g/mol. The zero-order valence-corrected chi connectivity index (χ0v) is 15.1. The van der Waals surface area contributed by atoms with Crippen LogP contribution >= 0.6 is 23.4 Å². The first-order valence-corrected chi connectivity index (χ1v) is 9.04. The number of nitrogens with zero attached hydrogens (tertiary/aromatic N) is 3. The Kier molecular flexibility index (Phi) is 4.82. The summed E-state index contributed by atoms with van der Waals surface area (Å²) in [5, 5.41) is 8.89. The fourth-order valence-electron chi connectivity index (χ4n) is 2.75. The summed E-state index contributed by atoms with van der Waals surface area (Å²) in [6.07, 6.45) is 2.54. The lowest BCUT2D eigenvalue weighted by atomic mass is 9.94. The molecule has 2 aromatic rings. The number of nitrogens with one attached hydrogen (secondary N) is 1. The van der Waals surface area contributed by atoms with Gasteiger partial charge in [0.1, 0.15) is 6.04 Å². The Hall–Kier alpha value is -1.99. The van der Waals surface area contributed by atoms with Crippen molar-refractivity contribution < 1.29 is 9.53 Å². The number of benzene rings is 1. The highest BCUT2D eigenvalue weighted by molar-refractivity contribution is 7.98. The van der Waals surface area contributed by atoms with Crippen LogP contribution in [0.2, 0.25) is 5.02 Å². The third-order valence-electron chi connectivity index (χ3n) is 3.86. The Balaban J connectivity index is 2.26. The van der Waals surface area contributed by atoms with Gasteiger partial charge in [0.05, 0.1) is 12.7 Å². The highest BCUT2D eigenvalue weighted by atomic mass is 35.5. The molecule has 2 heterocycles. The minimum Gasteiger partial charge on any atom is -0.466 e. The van der Waals surface area contributed by atoms with Gasteiger partial charge in [0.25, 0.3) is 0 Å². The zero-order valence-electron chi connectivity index (χ0n) is 13.5. The molecule has 1 aliphatic rings. The first-order valence-electron chi connectivity index (χ1n) is 7.44. The summed E-state index contributed by atoms with van der Waals surface area (Å²) in [4.78, 5) is 17.0. The van der Waals surface area contributed by atoms with Crippen molar-refractivity contribution >= 4 is 35.3 Å². The van der Waals surface area contributed by atoms with Gasteiger partial charge in [-0.05, 0) is 18.7 Å². The summed E-state index contributed by atoms with van der Waals surface area (Å²) in [5.74, 6) is 0.185. The van der Waals surface area contributed by atoms with Gasteiger partial charge in [-0.25, -0.2) is 9.48 Å². The van der Waals surface area contributed by atoms with Gasteiger partial charge in [-0.1, -0.05) is 48.5 Å². The lowest BCUT2D eigenvalue weighted by Crippen LogP contribution is -2.30. The molecule has 0 bridgehead atoms. The van der Waals surface area contributed by atoms with E-state index in [0.717, 1.165) is 11.3 Å². The molecular formula is C16H17ClN4O2S. The summed E-state index contributed by atoms with van der Waals surface area (Å²) in [5.41, 5.74) is 2.04. The lowest BCUT2D eigenvalue weighted by molar-refractivity contribution is -0.136. The highest BCUT2D eigenvalue weighted by Crippen LogP contribution is 2.39. The van der Waals surface area contributed by atoms with Crippen LogP contribution in [0.15, 0.2) is 40.7 Å². The van der Waals surface area contributed by atoms with E-state index in [4.69, 9.17) is 16.3 Å². The molecule has 0 spiro atoms. The second-order valence-corrected chi connectivity index (χ2v) is 6.33. The van der Waals surface area contributed by atoms with Crippen LogP contribution < -0.4 is 5.32 Å². The van der Waals surface area contributed by atoms with Gasteiger partial charge >= 0.3 is 5.97 Å². The molecule has 0 fully saturated rings. The largest absolute Gasteiger partial charge is 0.466 e. The molecule has 6 nitrogen and oxygen atoms in total. The first-order chi connectivity index (χ1) is 11.6. The third kappa shape index (κ3) is 2.78. The Morgan fingerprint density at radius 2 is 2.21 bits per heavy atom. The molecule has 0 radical (unpaired) electrons. The van der Waals surface area contributed by atoms with Gasteiger partial charge in [-0.15, -0.1) is 5.10 Å². The van der Waals surface area contributed by atoms with E-state index in [0.29, 0.717) is 28.1 Å². The first kappa shape index (κ1) is 16.9. The Bertz CT molecular complexity index is 818. The van der Waals surface area contributed by atoms with Crippen molar-refractivity contribution in [3.05, 3.63) is 46.1 Å². The standard InChI is InChI=1S/C16H17ClN4O2S/c1-4-11-12(14(22)23-2)13(9-7-5-6-8-10(9)17)21-15(18-11)19-16(20-21)24-3/h5-8,13H,4H2,1-3H3,(H,18,19,20)/t13-/m0/s1. The van der Waals surface area contributed by atoms with Crippen LogP contribution in [0.1, 0.15) is 24.9 Å². The maximum Gasteiger partial charge on any atom is 0.338 e. The summed E-state index contributed by atoms with van der Waals surface area (Å²) >= 11 is 7.84. The number of esters is 1. The van der Waals surface area contributed by atoms with Gasteiger partial charge in [-0.2, -0.15) is 4.98 Å². The minimum absolute atomic E-state index is 0.406. The third-order valence-corrected chi connectivity index (χ3v) is 4.74. The van der Waals surface area contributed by atoms with Crippen LogP contribution in [-0.4, -0.2) is 34.1 Å². The van der Waals surface area contributed by atoms with E-state index in [9.17, 15) is 4.79 Å². The van der Waals surface area contributed by atoms with Crippen LogP contribution in [-0.2, 0) is 9.53 Å². The molecule has 1 atom stereocenters. The van der Waals surface area contributed by atoms with Crippen LogP contribution in [0.4, 0.5) is 5.95 Å². The number of aromatic nitrogens is 3. The van der Waals surface area contributed by atoms with Crippen molar-refractivity contribution in [2.75, 3.05) is 18.7 Å². The topological polar surface area (TPSA) is 69.0 Å². The highest BCUT2D eigenvalue weighted by Gasteiger charge is 2.36. The van der Waals surface area contributed by atoms with Gasteiger partial charge in [0, 0.05) is 16.3 Å². The normalized spacial score (nSPS) is 16.6. The zero-order chi connectivity index (χ0) is 17.3. The number of carbonyl (C=O) groups is 1. The number of thioether (sulfide) groups is 1. The second kappa shape index (κ2) is 6.86. The van der Waals surface area contributed by atoms with Gasteiger partial charge in [-0.3, -0.25) is 0 Å². The number of hydrogen-bond donors (Lipinski definition) is 1. The SMILES string of the molecule is CCC1=C(C(=O)OC)[C@H](c2ccccc2Cl)n2nc(SC)nc2N1. The van der Waals surface area contributed by atoms with E-state index in [1.807, 2.05) is 31.4 Å². The molecule has 126 valence electrons. The smallest absolute Gasteiger partial charge is 0.338 e. The van der Waals surface area contributed by atoms with E-state index in [1.165, 1.54) is 18.9 Å². The molecule has 0 saturated heterocycles. The summed E-state index contributed by atoms with van der Waals surface area (Å²) < 4.78 is 6.71. The molecule has 0 amide bonds. The molecule has 0 saturated carbocycles. The Labute approximate surface area is 149 Å². The summed E-state index contributed by atoms with van der Waals surface area (Å²) in [6, 6.07) is 6.94. The Morgan fingerprint density at radius 1 is 1.46 bits per heavy atom. The summed E-state index contributed by atoms with van der Waals surface area (Å²) in [7, 11) is 1.37. The number of halogens is 1. The maximum atomic E-state index is 12.5. The average molecular weight is 365 g/mol. The van der Waals surface area contributed by atoms with Crippen molar-refractivity contribution in [3.63, 3.8) is 0 Å². The van der Waals surface area contributed by atoms with E-state index >= 15 is 0 Å². The fourth-order valence-corrected chi connectivity index (χ4v) is 3.34. The lowest BCUT2D eigenvalue weighted by Gasteiger charge is -2.29. The quantitative estimate of drug-likeness (QED) is 0.661. The van der Waals surface area contributed by atoms with E-state index < -0.39 is 12.0 Å². The number of carbonyl (C=O) groups excluding carboxylic acids is 1. The number of methoxy groups -OCH3 is 1. The van der Waals surface area contributed by atoms with Crippen LogP contribution in [0, 0.1) is 0 Å². The molecule has 1 N–H and O–H groups in total. The van der Waals surface area contributed by atoms with Crippen molar-refractivity contribution in [2.24, 2.45) is 0 Å². The number of anilines is 1. The fraction of sp³-hybridized carbons (Fsp3) is 0.312. The second-order valence-electron chi connectivity index (χ2n) is 5.15. The van der Waals surface area contributed by atoms with Gasteiger partial charge < -0.3 is 10.1 Å². The minimum atomic E-state index is -0.481. The van der Waals surface area contributed by atoms with Crippen LogP contribution in [0.5, 0.6) is 0 Å². The van der Waals surface area contributed by atoms with Crippen molar-refractivity contribution in [2.45, 2.75) is 24.5 Å². The molecule has 0 unspecified atom stereocenters. The predicted octanol–water partition coefficient (Wildman–Crippen LogP) is 3.51. The number of allylic oxidation sites excluding steroid dienone is 1. The Morgan fingerprint density at radius 3 is 2.83 bits per heavy atom. The molecule has 1 aliphatic heterocycles. The van der Waals surface area contributed by atoms with E-state index in [-0.39, 0.29) is 0 Å². The maximum absolute atomic E-state index is 12.5. The predicted molar refractivity (Wildman–Crippen MR) is 94.3 cm³/mol. The molecule has 1 aromatic heterocycles. The number of ether oxygens (including phenoxy) is 1. The molecule has 1 aromatic carbocycles. The van der Waals surface area contributed by atoms with E-state index in [2.05, 4.69) is 15.4 Å². The van der Waals surface area contributed by atoms with Gasteiger partial charge in [0.2, 0.25) is 11.1 Å². The molecule has 3 rings (SSSR count). The van der Waals surface area contributed by atoms with Crippen LogP contribution in [0.3, 0.4) is 0 Å². The molecule has 0 aliphatic carbocycles. The van der Waals surface area contributed by atoms with Gasteiger partial charge in [0.15, 0.2) is 0 Å². The molecule has 24 heavy (non-hydrogen) atoms. The van der Waals surface area contributed by atoms with E-state index in [1.54, 1.807) is 10.7 Å². The number of hydrogen-bond acceptors (Lipinski definition) is 6. The van der Waals surface area contributed by atoms with Crippen LogP contribution in [0.25, 0.3) is 0 Å². The van der Waals surface area contributed by atoms with Crippen molar-refractivity contribution in [3.8, 4) is 0 Å². The number of rotatable bonds is 4. The molecule has 8 heteroatoms.